The number of likely N-dealkylation sites (tertiary alicyclic amines) is 1. The Bertz CT molecular complexity index is 1120. The van der Waals surface area contributed by atoms with Crippen molar-refractivity contribution >= 4 is 0 Å². The molecule has 1 aliphatic rings. The molecule has 1 fully saturated rings. The fraction of sp³-hybridized carbons (Fsp3) is 0.304. The molecule has 3 aromatic heterocycles. The highest BCUT2D eigenvalue weighted by molar-refractivity contribution is 5.53. The molecule has 2 atom stereocenters. The summed E-state index contributed by atoms with van der Waals surface area (Å²) in [4.78, 5) is 11.5. The van der Waals surface area contributed by atoms with Crippen LogP contribution in [0, 0.1) is 6.92 Å². The number of aryl methyl sites for hydroxylation is 1. The van der Waals surface area contributed by atoms with Crippen LogP contribution in [-0.4, -0.2) is 42.9 Å². The summed E-state index contributed by atoms with van der Waals surface area (Å²) < 4.78 is 7.68. The molecule has 0 aliphatic carbocycles. The molecule has 1 saturated heterocycles. The number of aromatic nitrogens is 5. The highest BCUT2D eigenvalue weighted by Gasteiger charge is 2.38. The Kier molecular flexibility index (Phi) is 4.88. The lowest BCUT2D eigenvalue weighted by atomic mass is 9.90. The van der Waals surface area contributed by atoms with E-state index in [0.29, 0.717) is 11.7 Å². The van der Waals surface area contributed by atoms with E-state index >= 15 is 0 Å². The van der Waals surface area contributed by atoms with E-state index in [1.54, 1.807) is 0 Å². The Morgan fingerprint density at radius 1 is 1.03 bits per heavy atom. The van der Waals surface area contributed by atoms with Gasteiger partial charge in [0.2, 0.25) is 11.7 Å². The maximum atomic E-state index is 5.76. The molecule has 7 nitrogen and oxygen atoms in total. The van der Waals surface area contributed by atoms with Gasteiger partial charge in [0.25, 0.3) is 0 Å². The van der Waals surface area contributed by atoms with E-state index in [1.807, 2.05) is 66.7 Å². The van der Waals surface area contributed by atoms with E-state index < -0.39 is 0 Å². The first-order chi connectivity index (χ1) is 14.7. The van der Waals surface area contributed by atoms with Crippen LogP contribution in [0.1, 0.15) is 34.5 Å². The van der Waals surface area contributed by atoms with Crippen LogP contribution in [0.25, 0.3) is 11.4 Å². The average Bonchev–Trinajstić information content (AvgIpc) is 3.51. The third kappa shape index (κ3) is 3.52. The first-order valence-electron chi connectivity index (χ1n) is 10.2. The summed E-state index contributed by atoms with van der Waals surface area (Å²) in [5.41, 5.74) is 4.61. The lowest BCUT2D eigenvalue weighted by molar-refractivity contribution is 0.308. The van der Waals surface area contributed by atoms with E-state index in [4.69, 9.17) is 9.51 Å². The second kappa shape index (κ2) is 7.84. The molecule has 152 valence electrons. The van der Waals surface area contributed by atoms with E-state index in [-0.39, 0.29) is 11.8 Å². The van der Waals surface area contributed by atoms with Gasteiger partial charge < -0.3 is 4.52 Å². The molecule has 7 heteroatoms. The normalized spacial score (nSPS) is 19.4. The van der Waals surface area contributed by atoms with Crippen molar-refractivity contribution in [3.63, 3.8) is 0 Å². The summed E-state index contributed by atoms with van der Waals surface area (Å²) in [6.45, 7) is 4.73. The van der Waals surface area contributed by atoms with E-state index in [1.165, 1.54) is 16.8 Å². The van der Waals surface area contributed by atoms with Crippen molar-refractivity contribution in [3.05, 3.63) is 83.8 Å². The number of pyridine rings is 1. The van der Waals surface area contributed by atoms with Gasteiger partial charge in [-0.05, 0) is 18.6 Å². The Hall–Kier alpha value is -3.32. The minimum Gasteiger partial charge on any atom is -0.339 e. The molecular formula is C23H24N6O. The van der Waals surface area contributed by atoms with Crippen molar-refractivity contribution in [2.24, 2.45) is 7.05 Å². The SMILES string of the molecule is Cc1c(CN2CC(c3cccnc3)C(c3nc(-c4ccccc4)no3)C2)cnn1C. The van der Waals surface area contributed by atoms with Crippen molar-refractivity contribution in [2.45, 2.75) is 25.3 Å². The molecule has 1 aromatic carbocycles. The van der Waals surface area contributed by atoms with Gasteiger partial charge in [-0.25, -0.2) is 0 Å². The predicted molar refractivity (Wildman–Crippen MR) is 113 cm³/mol. The van der Waals surface area contributed by atoms with Gasteiger partial charge in [-0.1, -0.05) is 41.6 Å². The molecule has 0 N–H and O–H groups in total. The van der Waals surface area contributed by atoms with E-state index in [9.17, 15) is 0 Å². The molecule has 30 heavy (non-hydrogen) atoms. The standard InChI is InChI=1S/C23H24N6O/c1-16-19(12-25-28(16)2)13-29-14-20(18-9-6-10-24-11-18)21(15-29)23-26-22(27-30-23)17-7-4-3-5-8-17/h3-12,20-21H,13-15H2,1-2H3. The summed E-state index contributed by atoms with van der Waals surface area (Å²) in [5, 5.41) is 8.64. The molecule has 0 saturated carbocycles. The first kappa shape index (κ1) is 18.7. The highest BCUT2D eigenvalue weighted by Crippen LogP contribution is 2.40. The van der Waals surface area contributed by atoms with Crippen LogP contribution in [0.15, 0.2) is 65.6 Å². The van der Waals surface area contributed by atoms with E-state index in [0.717, 1.165) is 25.2 Å². The topological polar surface area (TPSA) is 72.9 Å². The summed E-state index contributed by atoms with van der Waals surface area (Å²) >= 11 is 0. The smallest absolute Gasteiger partial charge is 0.232 e. The molecule has 0 amide bonds. The van der Waals surface area contributed by atoms with Crippen LogP contribution in [0.4, 0.5) is 0 Å². The molecule has 0 spiro atoms. The Balaban J connectivity index is 1.44. The molecule has 1 aliphatic heterocycles. The van der Waals surface area contributed by atoms with Gasteiger partial charge >= 0.3 is 0 Å². The maximum absolute atomic E-state index is 5.76. The van der Waals surface area contributed by atoms with Gasteiger partial charge in [-0.15, -0.1) is 0 Å². The fourth-order valence-electron chi connectivity index (χ4n) is 4.23. The van der Waals surface area contributed by atoms with E-state index in [2.05, 4.69) is 33.1 Å². The van der Waals surface area contributed by atoms with Crippen LogP contribution in [0.2, 0.25) is 0 Å². The van der Waals surface area contributed by atoms with Gasteiger partial charge in [-0.2, -0.15) is 10.1 Å². The molecular weight excluding hydrogens is 376 g/mol. The molecule has 2 unspecified atom stereocenters. The first-order valence-corrected chi connectivity index (χ1v) is 10.2. The molecule has 4 aromatic rings. The number of benzene rings is 1. The van der Waals surface area contributed by atoms with Crippen molar-refractivity contribution < 1.29 is 4.52 Å². The lowest BCUT2D eigenvalue weighted by Gasteiger charge is -2.15. The summed E-state index contributed by atoms with van der Waals surface area (Å²) in [7, 11) is 1.98. The number of nitrogens with zero attached hydrogens (tertiary/aromatic N) is 6. The third-order valence-corrected chi connectivity index (χ3v) is 6.03. The number of hydrogen-bond donors (Lipinski definition) is 0. The van der Waals surface area contributed by atoms with Crippen LogP contribution in [-0.2, 0) is 13.6 Å². The molecule has 0 bridgehead atoms. The average molecular weight is 400 g/mol. The zero-order valence-corrected chi connectivity index (χ0v) is 17.1. The second-order valence-electron chi connectivity index (χ2n) is 7.89. The lowest BCUT2D eigenvalue weighted by Crippen LogP contribution is -2.20. The molecule has 4 heterocycles. The molecule has 5 rings (SSSR count). The number of hydrogen-bond acceptors (Lipinski definition) is 6. The zero-order valence-electron chi connectivity index (χ0n) is 17.1. The Morgan fingerprint density at radius 2 is 1.87 bits per heavy atom. The van der Waals surface area contributed by atoms with Crippen LogP contribution >= 0.6 is 0 Å². The quantitative estimate of drug-likeness (QED) is 0.510. The number of rotatable bonds is 5. The van der Waals surface area contributed by atoms with Crippen LogP contribution in [0.3, 0.4) is 0 Å². The van der Waals surface area contributed by atoms with Crippen molar-refractivity contribution in [2.75, 3.05) is 13.1 Å². The van der Waals surface area contributed by atoms with Gasteiger partial charge in [0.05, 0.1) is 12.1 Å². The predicted octanol–water partition coefficient (Wildman–Crippen LogP) is 3.56. The van der Waals surface area contributed by atoms with Crippen molar-refractivity contribution in [1.82, 2.24) is 29.8 Å². The summed E-state index contributed by atoms with van der Waals surface area (Å²) in [5.74, 6) is 1.70. The Labute approximate surface area is 175 Å². The van der Waals surface area contributed by atoms with Gasteiger partial charge in [0.1, 0.15) is 0 Å². The molecule has 0 radical (unpaired) electrons. The van der Waals surface area contributed by atoms with Crippen LogP contribution in [0.5, 0.6) is 0 Å². The maximum Gasteiger partial charge on any atom is 0.232 e. The third-order valence-electron chi connectivity index (χ3n) is 6.03. The summed E-state index contributed by atoms with van der Waals surface area (Å²) in [6.07, 6.45) is 5.72. The minimum absolute atomic E-state index is 0.121. The van der Waals surface area contributed by atoms with Crippen molar-refractivity contribution in [3.8, 4) is 11.4 Å². The van der Waals surface area contributed by atoms with Crippen molar-refractivity contribution in [1.29, 1.82) is 0 Å². The fourth-order valence-corrected chi connectivity index (χ4v) is 4.23. The Morgan fingerprint density at radius 3 is 2.60 bits per heavy atom. The largest absolute Gasteiger partial charge is 0.339 e. The van der Waals surface area contributed by atoms with Gasteiger partial charge in [0, 0.05) is 61.8 Å². The van der Waals surface area contributed by atoms with Crippen LogP contribution < -0.4 is 0 Å². The minimum atomic E-state index is 0.121. The zero-order chi connectivity index (χ0) is 20.5. The second-order valence-corrected chi connectivity index (χ2v) is 7.89. The monoisotopic (exact) mass is 400 g/mol. The van der Waals surface area contributed by atoms with Gasteiger partial charge in [0.15, 0.2) is 0 Å². The van der Waals surface area contributed by atoms with Gasteiger partial charge in [-0.3, -0.25) is 14.6 Å². The summed E-state index contributed by atoms with van der Waals surface area (Å²) in [6, 6.07) is 14.1. The highest BCUT2D eigenvalue weighted by atomic mass is 16.5.